The number of aryl methyl sites for hydroxylation is 2. The number of nitrogens with zero attached hydrogens (tertiary/aromatic N) is 4. The van der Waals surface area contributed by atoms with Gasteiger partial charge in [-0.3, -0.25) is 10.1 Å². The molecule has 2 aromatic carbocycles. The number of anilines is 4. The standard InChI is InChI=1S/C24H24ClN7O2S/c1-14-5-4-6-18(25)20(14)30-21(33)19-13-27-24(35-19)32-23-29-15(2)28-22(31-23)26-12-11-16-7-9-17(34-3)10-8-16/h4-10,13H,11-12H2,1-3H3,(H,30,33)(H2,26,27,28,29,31,32). The van der Waals surface area contributed by atoms with E-state index in [2.05, 4.69) is 35.9 Å². The zero-order valence-corrected chi connectivity index (χ0v) is 21.0. The third kappa shape index (κ3) is 6.43. The van der Waals surface area contributed by atoms with Crippen LogP contribution in [0.2, 0.25) is 5.02 Å². The summed E-state index contributed by atoms with van der Waals surface area (Å²) < 4.78 is 5.19. The fourth-order valence-corrected chi connectivity index (χ4v) is 4.20. The van der Waals surface area contributed by atoms with E-state index in [0.29, 0.717) is 45.0 Å². The van der Waals surface area contributed by atoms with Gasteiger partial charge in [0.2, 0.25) is 11.9 Å². The van der Waals surface area contributed by atoms with Crippen molar-refractivity contribution in [3.63, 3.8) is 0 Å². The summed E-state index contributed by atoms with van der Waals surface area (Å²) in [6, 6.07) is 13.4. The number of methoxy groups -OCH3 is 1. The van der Waals surface area contributed by atoms with E-state index in [0.717, 1.165) is 17.7 Å². The summed E-state index contributed by atoms with van der Waals surface area (Å²) in [6.45, 7) is 4.32. The van der Waals surface area contributed by atoms with Crippen molar-refractivity contribution in [2.24, 2.45) is 0 Å². The zero-order valence-electron chi connectivity index (χ0n) is 19.4. The number of halogens is 1. The molecule has 3 N–H and O–H groups in total. The molecular weight excluding hydrogens is 486 g/mol. The van der Waals surface area contributed by atoms with Crippen LogP contribution in [0.3, 0.4) is 0 Å². The largest absolute Gasteiger partial charge is 0.497 e. The molecule has 0 saturated heterocycles. The number of para-hydroxylation sites is 1. The maximum atomic E-state index is 12.7. The molecule has 11 heteroatoms. The van der Waals surface area contributed by atoms with E-state index in [1.807, 2.05) is 43.3 Å². The number of carbonyl (C=O) groups excluding carboxylic acids is 1. The quantitative estimate of drug-likeness (QED) is 0.280. The molecule has 4 rings (SSSR count). The van der Waals surface area contributed by atoms with Gasteiger partial charge in [0.1, 0.15) is 16.5 Å². The van der Waals surface area contributed by atoms with Crippen LogP contribution in [-0.2, 0) is 6.42 Å². The van der Waals surface area contributed by atoms with Crippen molar-refractivity contribution in [3.8, 4) is 5.75 Å². The lowest BCUT2D eigenvalue weighted by atomic mass is 10.1. The van der Waals surface area contributed by atoms with Crippen molar-refractivity contribution >= 4 is 51.6 Å². The zero-order chi connectivity index (χ0) is 24.8. The van der Waals surface area contributed by atoms with Gasteiger partial charge >= 0.3 is 0 Å². The van der Waals surface area contributed by atoms with E-state index in [-0.39, 0.29) is 5.91 Å². The first-order valence-corrected chi connectivity index (χ1v) is 12.0. The smallest absolute Gasteiger partial charge is 0.267 e. The molecule has 0 fully saturated rings. The molecular formula is C24H24ClN7O2S. The highest BCUT2D eigenvalue weighted by molar-refractivity contribution is 7.17. The molecule has 0 spiro atoms. The van der Waals surface area contributed by atoms with Crippen molar-refractivity contribution in [3.05, 3.63) is 75.5 Å². The Balaban J connectivity index is 1.37. The highest BCUT2D eigenvalue weighted by Gasteiger charge is 2.15. The van der Waals surface area contributed by atoms with Gasteiger partial charge in [-0.25, -0.2) is 4.98 Å². The fourth-order valence-electron chi connectivity index (χ4n) is 3.23. The maximum Gasteiger partial charge on any atom is 0.267 e. The summed E-state index contributed by atoms with van der Waals surface area (Å²) in [7, 11) is 1.65. The van der Waals surface area contributed by atoms with Gasteiger partial charge in [0.05, 0.1) is 24.0 Å². The number of thiazole rings is 1. The Labute approximate surface area is 212 Å². The van der Waals surface area contributed by atoms with Crippen LogP contribution in [0.25, 0.3) is 0 Å². The van der Waals surface area contributed by atoms with E-state index in [4.69, 9.17) is 16.3 Å². The normalized spacial score (nSPS) is 10.6. The van der Waals surface area contributed by atoms with Crippen LogP contribution in [0, 0.1) is 13.8 Å². The molecule has 2 aromatic heterocycles. The summed E-state index contributed by atoms with van der Waals surface area (Å²) in [5, 5.41) is 10.1. The number of hydrogen-bond acceptors (Lipinski definition) is 9. The summed E-state index contributed by atoms with van der Waals surface area (Å²) in [5.41, 5.74) is 2.63. The number of carbonyl (C=O) groups is 1. The Kier molecular flexibility index (Phi) is 7.74. The highest BCUT2D eigenvalue weighted by Crippen LogP contribution is 2.27. The van der Waals surface area contributed by atoms with Crippen LogP contribution >= 0.6 is 22.9 Å². The van der Waals surface area contributed by atoms with Crippen LogP contribution < -0.4 is 20.7 Å². The van der Waals surface area contributed by atoms with Gasteiger partial charge < -0.3 is 15.4 Å². The Morgan fingerprint density at radius 3 is 2.57 bits per heavy atom. The minimum Gasteiger partial charge on any atom is -0.497 e. The van der Waals surface area contributed by atoms with E-state index in [1.54, 1.807) is 20.1 Å². The second-order valence-electron chi connectivity index (χ2n) is 7.60. The van der Waals surface area contributed by atoms with Gasteiger partial charge in [0, 0.05) is 6.54 Å². The summed E-state index contributed by atoms with van der Waals surface area (Å²) >= 11 is 7.40. The lowest BCUT2D eigenvalue weighted by Gasteiger charge is -2.09. The average molecular weight is 510 g/mol. The van der Waals surface area contributed by atoms with Crippen LogP contribution in [0.15, 0.2) is 48.7 Å². The molecule has 4 aromatic rings. The van der Waals surface area contributed by atoms with Gasteiger partial charge in [-0.2, -0.15) is 15.0 Å². The first-order valence-electron chi connectivity index (χ1n) is 10.8. The lowest BCUT2D eigenvalue weighted by Crippen LogP contribution is -2.11. The Morgan fingerprint density at radius 2 is 1.83 bits per heavy atom. The van der Waals surface area contributed by atoms with Crippen molar-refractivity contribution in [2.75, 3.05) is 29.6 Å². The summed E-state index contributed by atoms with van der Waals surface area (Å²) in [6.07, 6.45) is 2.30. The molecule has 0 radical (unpaired) electrons. The molecule has 0 unspecified atom stereocenters. The summed E-state index contributed by atoms with van der Waals surface area (Å²) in [5.74, 6) is 1.88. The van der Waals surface area contributed by atoms with Crippen molar-refractivity contribution in [2.45, 2.75) is 20.3 Å². The first kappa shape index (κ1) is 24.4. The number of amides is 1. The topological polar surface area (TPSA) is 114 Å². The van der Waals surface area contributed by atoms with Crippen LogP contribution in [-0.4, -0.2) is 39.5 Å². The molecule has 0 saturated carbocycles. The Morgan fingerprint density at radius 1 is 1.06 bits per heavy atom. The Bertz CT molecular complexity index is 1310. The highest BCUT2D eigenvalue weighted by atomic mass is 35.5. The van der Waals surface area contributed by atoms with Gasteiger partial charge in [-0.1, -0.05) is 47.2 Å². The molecule has 0 aliphatic carbocycles. The third-order valence-corrected chi connectivity index (χ3v) is 6.24. The van der Waals surface area contributed by atoms with Crippen LogP contribution in [0.1, 0.15) is 26.6 Å². The van der Waals surface area contributed by atoms with Crippen molar-refractivity contribution in [1.29, 1.82) is 0 Å². The molecule has 0 bridgehead atoms. The number of nitrogens with one attached hydrogen (secondary N) is 3. The molecule has 9 nitrogen and oxygen atoms in total. The molecule has 0 aliphatic rings. The average Bonchev–Trinajstić information content (AvgIpc) is 3.30. The molecule has 0 atom stereocenters. The van der Waals surface area contributed by atoms with Crippen molar-refractivity contribution < 1.29 is 9.53 Å². The molecule has 0 aliphatic heterocycles. The van der Waals surface area contributed by atoms with Crippen molar-refractivity contribution in [1.82, 2.24) is 19.9 Å². The van der Waals surface area contributed by atoms with Crippen LogP contribution in [0.4, 0.5) is 22.7 Å². The number of rotatable bonds is 9. The van der Waals surface area contributed by atoms with Gasteiger partial charge in [-0.05, 0) is 49.6 Å². The van der Waals surface area contributed by atoms with E-state index in [1.165, 1.54) is 23.1 Å². The number of hydrogen-bond donors (Lipinski definition) is 3. The summed E-state index contributed by atoms with van der Waals surface area (Å²) in [4.78, 5) is 30.5. The fraction of sp³-hybridized carbons (Fsp3) is 0.208. The van der Waals surface area contributed by atoms with E-state index >= 15 is 0 Å². The maximum absolute atomic E-state index is 12.7. The number of ether oxygens (including phenoxy) is 1. The Hall–Kier alpha value is -3.76. The first-order chi connectivity index (χ1) is 16.9. The van der Waals surface area contributed by atoms with E-state index in [9.17, 15) is 4.79 Å². The van der Waals surface area contributed by atoms with Gasteiger partial charge in [0.25, 0.3) is 5.91 Å². The van der Waals surface area contributed by atoms with E-state index < -0.39 is 0 Å². The minimum atomic E-state index is -0.292. The molecule has 2 heterocycles. The third-order valence-electron chi connectivity index (χ3n) is 5.01. The van der Waals surface area contributed by atoms with Gasteiger partial charge in [-0.15, -0.1) is 0 Å². The molecule has 35 heavy (non-hydrogen) atoms. The number of aromatic nitrogens is 4. The van der Waals surface area contributed by atoms with Gasteiger partial charge in [0.15, 0.2) is 5.13 Å². The minimum absolute atomic E-state index is 0.292. The molecule has 180 valence electrons. The predicted molar refractivity (Wildman–Crippen MR) is 139 cm³/mol. The number of benzene rings is 2. The SMILES string of the molecule is COc1ccc(CCNc2nc(C)nc(Nc3ncc(C(=O)Nc4c(C)cccc4Cl)s3)n2)cc1. The van der Waals surface area contributed by atoms with Crippen LogP contribution in [0.5, 0.6) is 5.75 Å². The second kappa shape index (κ2) is 11.1. The monoisotopic (exact) mass is 509 g/mol. The predicted octanol–water partition coefficient (Wildman–Crippen LogP) is 5.26. The second-order valence-corrected chi connectivity index (χ2v) is 9.03. The molecule has 1 amide bonds. The lowest BCUT2D eigenvalue weighted by molar-refractivity contribution is 0.103.